The van der Waals surface area contributed by atoms with Crippen molar-refractivity contribution in [3.05, 3.63) is 23.0 Å². The maximum absolute atomic E-state index is 12.1. The summed E-state index contributed by atoms with van der Waals surface area (Å²) in [5, 5.41) is 0. The highest BCUT2D eigenvalue weighted by atomic mass is 32.2. The summed E-state index contributed by atoms with van der Waals surface area (Å²) < 4.78 is 3.11. The van der Waals surface area contributed by atoms with E-state index in [9.17, 15) is 4.79 Å². The molecule has 1 aliphatic heterocycles. The van der Waals surface area contributed by atoms with Gasteiger partial charge in [-0.15, -0.1) is 0 Å². The van der Waals surface area contributed by atoms with Crippen LogP contribution >= 0.6 is 23.5 Å². The largest absolute Gasteiger partial charge is 0.351 e. The maximum atomic E-state index is 12.1. The van der Waals surface area contributed by atoms with Gasteiger partial charge in [-0.3, -0.25) is 9.79 Å². The second kappa shape index (κ2) is 5.31. The van der Waals surface area contributed by atoms with Gasteiger partial charge in [0.15, 0.2) is 5.78 Å². The Balaban J connectivity index is 2.01. The zero-order chi connectivity index (χ0) is 12.4. The van der Waals surface area contributed by atoms with Gasteiger partial charge in [0.1, 0.15) is 4.38 Å². The Bertz CT molecular complexity index is 477. The van der Waals surface area contributed by atoms with E-state index in [0.717, 1.165) is 33.6 Å². The third-order valence-electron chi connectivity index (χ3n) is 2.96. The van der Waals surface area contributed by atoms with Crippen LogP contribution in [-0.4, -0.2) is 32.8 Å². The van der Waals surface area contributed by atoms with Gasteiger partial charge in [0.05, 0.1) is 12.3 Å². The van der Waals surface area contributed by atoms with E-state index in [1.54, 1.807) is 23.5 Å². The molecule has 0 saturated carbocycles. The van der Waals surface area contributed by atoms with Gasteiger partial charge in [-0.25, -0.2) is 0 Å². The first-order chi connectivity index (χ1) is 8.09. The number of rotatable bonds is 3. The first-order valence-corrected chi connectivity index (χ1v) is 7.53. The second-order valence-corrected chi connectivity index (χ2v) is 6.36. The van der Waals surface area contributed by atoms with Gasteiger partial charge in [-0.2, -0.15) is 0 Å². The van der Waals surface area contributed by atoms with Crippen LogP contribution in [0.5, 0.6) is 0 Å². The average molecular weight is 268 g/mol. The van der Waals surface area contributed by atoms with Crippen LogP contribution in [0, 0.1) is 13.8 Å². The Morgan fingerprint density at radius 1 is 1.59 bits per heavy atom. The predicted octanol–water partition coefficient (Wildman–Crippen LogP) is 2.66. The average Bonchev–Trinajstić information content (AvgIpc) is 2.91. The Morgan fingerprint density at radius 3 is 2.88 bits per heavy atom. The number of aromatic nitrogens is 1. The summed E-state index contributed by atoms with van der Waals surface area (Å²) in [7, 11) is 1.99. The fraction of sp³-hybridized carbons (Fsp3) is 0.500. The Morgan fingerprint density at radius 2 is 2.35 bits per heavy atom. The summed E-state index contributed by atoms with van der Waals surface area (Å²) in [4.78, 5) is 16.4. The zero-order valence-electron chi connectivity index (χ0n) is 10.3. The molecular formula is C12H16N2OS2. The van der Waals surface area contributed by atoms with Gasteiger partial charge >= 0.3 is 0 Å². The number of nitrogens with zero attached hydrogens (tertiary/aromatic N) is 2. The molecule has 0 N–H and O–H groups in total. The highest BCUT2D eigenvalue weighted by Gasteiger charge is 2.16. The van der Waals surface area contributed by atoms with Crippen molar-refractivity contribution in [2.24, 2.45) is 12.0 Å². The molecule has 2 heterocycles. The molecule has 5 heteroatoms. The quantitative estimate of drug-likeness (QED) is 0.790. The summed E-state index contributed by atoms with van der Waals surface area (Å²) in [6.45, 7) is 4.91. The van der Waals surface area contributed by atoms with E-state index in [0.29, 0.717) is 5.75 Å². The highest BCUT2D eigenvalue weighted by molar-refractivity contribution is 8.39. The zero-order valence-corrected chi connectivity index (χ0v) is 12.0. The third kappa shape index (κ3) is 2.77. The molecule has 0 fully saturated rings. The molecule has 0 saturated heterocycles. The van der Waals surface area contributed by atoms with Crippen LogP contribution in [0.2, 0.25) is 0 Å². The number of aryl methyl sites for hydroxylation is 1. The Hall–Kier alpha value is -0.680. The molecule has 0 aromatic carbocycles. The number of carbonyl (C=O) groups excluding carboxylic acids is 1. The summed E-state index contributed by atoms with van der Waals surface area (Å²) in [6.07, 6.45) is 0. The summed E-state index contributed by atoms with van der Waals surface area (Å²) in [5.74, 6) is 1.75. The SMILES string of the molecule is Cc1cc(C(=O)CSC2=NCCS2)c(C)n1C. The standard InChI is InChI=1S/C12H16N2OS2/c1-8-6-10(9(2)14(8)3)11(15)7-17-12-13-4-5-16-12/h6H,4-5,7H2,1-3H3. The van der Waals surface area contributed by atoms with Gasteiger partial charge < -0.3 is 4.57 Å². The van der Waals surface area contributed by atoms with Crippen LogP contribution in [-0.2, 0) is 7.05 Å². The number of carbonyl (C=O) groups is 1. The van der Waals surface area contributed by atoms with Gasteiger partial charge in [0.2, 0.25) is 0 Å². The van der Waals surface area contributed by atoms with Gasteiger partial charge in [-0.1, -0.05) is 23.5 Å². The van der Waals surface area contributed by atoms with Crippen molar-refractivity contribution in [2.45, 2.75) is 13.8 Å². The molecule has 0 aliphatic carbocycles. The molecule has 1 aromatic heterocycles. The van der Waals surface area contributed by atoms with Crippen molar-refractivity contribution in [1.29, 1.82) is 0 Å². The molecule has 1 aliphatic rings. The van der Waals surface area contributed by atoms with Crippen LogP contribution in [0.3, 0.4) is 0 Å². The fourth-order valence-electron chi connectivity index (χ4n) is 1.75. The lowest BCUT2D eigenvalue weighted by molar-refractivity contribution is 0.102. The van der Waals surface area contributed by atoms with Crippen molar-refractivity contribution in [2.75, 3.05) is 18.1 Å². The Kier molecular flexibility index (Phi) is 3.99. The summed E-state index contributed by atoms with van der Waals surface area (Å²) in [5.41, 5.74) is 3.03. The number of thioether (sulfide) groups is 2. The number of hydrogen-bond donors (Lipinski definition) is 0. The molecule has 0 bridgehead atoms. The fourth-order valence-corrected chi connectivity index (χ4v) is 3.64. The predicted molar refractivity (Wildman–Crippen MR) is 76.4 cm³/mol. The van der Waals surface area contributed by atoms with Gasteiger partial charge in [0, 0.05) is 29.8 Å². The topological polar surface area (TPSA) is 34.4 Å². The molecule has 0 atom stereocenters. The van der Waals surface area contributed by atoms with Crippen LogP contribution in [0.4, 0.5) is 0 Å². The van der Waals surface area contributed by atoms with Crippen molar-refractivity contribution in [3.63, 3.8) is 0 Å². The van der Waals surface area contributed by atoms with Crippen LogP contribution in [0.15, 0.2) is 11.1 Å². The molecule has 0 unspecified atom stereocenters. The molecule has 2 rings (SSSR count). The molecule has 0 amide bonds. The number of ketones is 1. The third-order valence-corrected chi connectivity index (χ3v) is 5.21. The summed E-state index contributed by atoms with van der Waals surface area (Å²) in [6, 6.07) is 1.97. The van der Waals surface area contributed by atoms with E-state index in [1.165, 1.54) is 0 Å². The Labute approximate surface area is 110 Å². The molecule has 17 heavy (non-hydrogen) atoms. The maximum Gasteiger partial charge on any atom is 0.174 e. The van der Waals surface area contributed by atoms with Gasteiger partial charge in [-0.05, 0) is 19.9 Å². The van der Waals surface area contributed by atoms with Gasteiger partial charge in [0.25, 0.3) is 0 Å². The molecular weight excluding hydrogens is 252 g/mol. The summed E-state index contributed by atoms with van der Waals surface area (Å²) >= 11 is 3.31. The number of Topliss-reactive ketones (excluding diaryl/α,β-unsaturated/α-hetero) is 1. The molecule has 92 valence electrons. The second-order valence-electron chi connectivity index (χ2n) is 4.05. The van der Waals surface area contributed by atoms with Crippen molar-refractivity contribution < 1.29 is 4.79 Å². The van der Waals surface area contributed by atoms with E-state index in [2.05, 4.69) is 9.56 Å². The van der Waals surface area contributed by atoms with Crippen molar-refractivity contribution in [1.82, 2.24) is 4.57 Å². The van der Waals surface area contributed by atoms with Crippen LogP contribution in [0.25, 0.3) is 0 Å². The smallest absolute Gasteiger partial charge is 0.174 e. The van der Waals surface area contributed by atoms with E-state index >= 15 is 0 Å². The lowest BCUT2D eigenvalue weighted by Crippen LogP contribution is -2.05. The lowest BCUT2D eigenvalue weighted by Gasteiger charge is -2.02. The first kappa shape index (κ1) is 12.8. The van der Waals surface area contributed by atoms with E-state index in [4.69, 9.17) is 0 Å². The van der Waals surface area contributed by atoms with E-state index in [-0.39, 0.29) is 5.78 Å². The van der Waals surface area contributed by atoms with Crippen molar-refractivity contribution in [3.8, 4) is 0 Å². The molecule has 0 radical (unpaired) electrons. The number of aliphatic imine (C=N–C) groups is 1. The monoisotopic (exact) mass is 268 g/mol. The number of hydrogen-bond acceptors (Lipinski definition) is 4. The van der Waals surface area contributed by atoms with E-state index < -0.39 is 0 Å². The minimum Gasteiger partial charge on any atom is -0.351 e. The van der Waals surface area contributed by atoms with Crippen LogP contribution < -0.4 is 0 Å². The first-order valence-electron chi connectivity index (χ1n) is 5.55. The van der Waals surface area contributed by atoms with Crippen molar-refractivity contribution >= 4 is 33.7 Å². The lowest BCUT2D eigenvalue weighted by atomic mass is 10.2. The molecule has 3 nitrogen and oxygen atoms in total. The van der Waals surface area contributed by atoms with Crippen LogP contribution in [0.1, 0.15) is 21.7 Å². The highest BCUT2D eigenvalue weighted by Crippen LogP contribution is 2.23. The minimum absolute atomic E-state index is 0.200. The normalized spacial score (nSPS) is 15.1. The molecule has 1 aromatic rings. The minimum atomic E-state index is 0.200. The molecule has 0 spiro atoms. The van der Waals surface area contributed by atoms with E-state index in [1.807, 2.05) is 27.0 Å².